The maximum atomic E-state index is 4.77. The molecular weight excluding hydrogens is 431 g/mol. The SMILES string of the molecule is C=CCCCCCN(C)C(=NCCc1sc(C)nc1C)NCC.I. The number of nitrogens with zero attached hydrogens (tertiary/aromatic N) is 3. The van der Waals surface area contributed by atoms with Crippen molar-refractivity contribution in [1.29, 1.82) is 0 Å². The largest absolute Gasteiger partial charge is 0.357 e. The average molecular weight is 464 g/mol. The van der Waals surface area contributed by atoms with Gasteiger partial charge in [0.25, 0.3) is 0 Å². The van der Waals surface area contributed by atoms with E-state index in [4.69, 9.17) is 4.99 Å². The Hall–Kier alpha value is -0.630. The monoisotopic (exact) mass is 464 g/mol. The minimum Gasteiger partial charge on any atom is -0.357 e. The van der Waals surface area contributed by atoms with Gasteiger partial charge in [0.15, 0.2) is 5.96 Å². The normalized spacial score (nSPS) is 11.1. The standard InChI is InChI=1S/C18H32N4S.HI/c1-6-8-9-10-11-14-22(5)18(19-7-2)20-13-12-17-15(3)21-16(4)23-17;/h6H,1,7-14H2,2-5H3,(H,19,20);1H. The molecule has 1 aromatic heterocycles. The molecule has 0 atom stereocenters. The second-order valence-electron chi connectivity index (χ2n) is 5.79. The van der Waals surface area contributed by atoms with Crippen LogP contribution in [-0.2, 0) is 6.42 Å². The summed E-state index contributed by atoms with van der Waals surface area (Å²) in [6, 6.07) is 0. The highest BCUT2D eigenvalue weighted by Gasteiger charge is 2.07. The highest BCUT2D eigenvalue weighted by atomic mass is 127. The van der Waals surface area contributed by atoms with Crippen LogP contribution in [-0.4, -0.2) is 42.5 Å². The lowest BCUT2D eigenvalue weighted by Gasteiger charge is -2.22. The summed E-state index contributed by atoms with van der Waals surface area (Å²) in [4.78, 5) is 12.8. The molecule has 138 valence electrons. The molecule has 0 aromatic carbocycles. The number of unbranched alkanes of at least 4 members (excludes halogenated alkanes) is 3. The van der Waals surface area contributed by atoms with E-state index in [2.05, 4.69) is 49.6 Å². The van der Waals surface area contributed by atoms with Crippen molar-refractivity contribution in [2.24, 2.45) is 4.99 Å². The molecule has 4 nitrogen and oxygen atoms in total. The van der Waals surface area contributed by atoms with Gasteiger partial charge in [-0.3, -0.25) is 4.99 Å². The first-order chi connectivity index (χ1) is 11.1. The van der Waals surface area contributed by atoms with Crippen molar-refractivity contribution >= 4 is 41.3 Å². The van der Waals surface area contributed by atoms with Gasteiger partial charge in [0.2, 0.25) is 0 Å². The van der Waals surface area contributed by atoms with Gasteiger partial charge in [-0.25, -0.2) is 4.98 Å². The summed E-state index contributed by atoms with van der Waals surface area (Å²) in [7, 11) is 2.12. The Labute approximate surface area is 168 Å². The number of aliphatic imine (C=N–C) groups is 1. The Bertz CT molecular complexity index is 499. The zero-order valence-electron chi connectivity index (χ0n) is 15.6. The molecule has 0 unspecified atom stereocenters. The molecule has 1 N–H and O–H groups in total. The first-order valence-corrected chi connectivity index (χ1v) is 9.43. The van der Waals surface area contributed by atoms with E-state index < -0.39 is 0 Å². The van der Waals surface area contributed by atoms with Crippen LogP contribution in [0.15, 0.2) is 17.6 Å². The maximum Gasteiger partial charge on any atom is 0.193 e. The smallest absolute Gasteiger partial charge is 0.193 e. The highest BCUT2D eigenvalue weighted by Crippen LogP contribution is 2.17. The highest BCUT2D eigenvalue weighted by molar-refractivity contribution is 14.0. The van der Waals surface area contributed by atoms with Gasteiger partial charge in [0.05, 0.1) is 10.7 Å². The zero-order valence-corrected chi connectivity index (χ0v) is 18.7. The second kappa shape index (κ2) is 13.6. The Morgan fingerprint density at radius 2 is 2.08 bits per heavy atom. The predicted octanol–water partition coefficient (Wildman–Crippen LogP) is 4.56. The van der Waals surface area contributed by atoms with Crippen LogP contribution in [0.1, 0.15) is 48.2 Å². The topological polar surface area (TPSA) is 40.5 Å². The van der Waals surface area contributed by atoms with Gasteiger partial charge in [-0.2, -0.15) is 0 Å². The van der Waals surface area contributed by atoms with Crippen LogP contribution < -0.4 is 5.32 Å². The number of thiazole rings is 1. The molecule has 0 amide bonds. The van der Waals surface area contributed by atoms with E-state index in [0.29, 0.717) is 0 Å². The molecule has 0 aliphatic heterocycles. The third kappa shape index (κ3) is 9.01. The van der Waals surface area contributed by atoms with E-state index in [0.717, 1.165) is 49.1 Å². The summed E-state index contributed by atoms with van der Waals surface area (Å²) in [5.74, 6) is 1.01. The molecule has 0 saturated carbocycles. The van der Waals surface area contributed by atoms with Crippen LogP contribution in [0.3, 0.4) is 0 Å². The summed E-state index contributed by atoms with van der Waals surface area (Å²) < 4.78 is 0. The molecule has 24 heavy (non-hydrogen) atoms. The molecule has 0 fully saturated rings. The van der Waals surface area contributed by atoms with E-state index in [1.165, 1.54) is 24.1 Å². The summed E-state index contributed by atoms with van der Waals surface area (Å²) >= 11 is 1.79. The summed E-state index contributed by atoms with van der Waals surface area (Å²) in [5, 5.41) is 4.53. The van der Waals surface area contributed by atoms with Gasteiger partial charge in [-0.15, -0.1) is 41.9 Å². The van der Waals surface area contributed by atoms with E-state index >= 15 is 0 Å². The number of allylic oxidation sites excluding steroid dienone is 1. The molecule has 1 aromatic rings. The van der Waals surface area contributed by atoms with E-state index in [-0.39, 0.29) is 24.0 Å². The molecule has 0 spiro atoms. The number of rotatable bonds is 10. The average Bonchev–Trinajstić information content (AvgIpc) is 2.84. The molecule has 0 aliphatic carbocycles. The second-order valence-corrected chi connectivity index (χ2v) is 7.07. The van der Waals surface area contributed by atoms with Gasteiger partial charge < -0.3 is 10.2 Å². The van der Waals surface area contributed by atoms with Gasteiger partial charge in [0.1, 0.15) is 0 Å². The molecule has 0 bridgehead atoms. The van der Waals surface area contributed by atoms with Gasteiger partial charge in [-0.05, 0) is 40.0 Å². The quantitative estimate of drug-likeness (QED) is 0.181. The number of halogens is 1. The number of nitrogens with one attached hydrogen (secondary N) is 1. The molecule has 0 radical (unpaired) electrons. The third-order valence-corrected chi connectivity index (χ3v) is 4.83. The van der Waals surface area contributed by atoms with Crippen LogP contribution in [0.4, 0.5) is 0 Å². The van der Waals surface area contributed by atoms with Crippen LogP contribution in [0.25, 0.3) is 0 Å². The van der Waals surface area contributed by atoms with Crippen molar-refractivity contribution in [3.63, 3.8) is 0 Å². The van der Waals surface area contributed by atoms with E-state index in [9.17, 15) is 0 Å². The predicted molar refractivity (Wildman–Crippen MR) is 118 cm³/mol. The van der Waals surface area contributed by atoms with Crippen molar-refractivity contribution in [3.05, 3.63) is 28.2 Å². The van der Waals surface area contributed by atoms with Crippen molar-refractivity contribution < 1.29 is 0 Å². The lowest BCUT2D eigenvalue weighted by molar-refractivity contribution is 0.455. The van der Waals surface area contributed by atoms with E-state index in [1.54, 1.807) is 11.3 Å². The van der Waals surface area contributed by atoms with Crippen LogP contribution in [0.2, 0.25) is 0 Å². The molecule has 1 heterocycles. The van der Waals surface area contributed by atoms with Crippen molar-refractivity contribution in [2.45, 2.75) is 52.9 Å². The van der Waals surface area contributed by atoms with Crippen molar-refractivity contribution in [2.75, 3.05) is 26.7 Å². The number of hydrogen-bond acceptors (Lipinski definition) is 3. The van der Waals surface area contributed by atoms with Gasteiger partial charge >= 0.3 is 0 Å². The molecule has 0 saturated heterocycles. The number of hydrogen-bond donors (Lipinski definition) is 1. The minimum absolute atomic E-state index is 0. The molecule has 6 heteroatoms. The molecule has 0 aliphatic rings. The zero-order chi connectivity index (χ0) is 17.1. The van der Waals surface area contributed by atoms with Crippen molar-refractivity contribution in [3.8, 4) is 0 Å². The fourth-order valence-electron chi connectivity index (χ4n) is 2.46. The Morgan fingerprint density at radius 3 is 2.67 bits per heavy atom. The first-order valence-electron chi connectivity index (χ1n) is 8.61. The summed E-state index contributed by atoms with van der Waals surface area (Å²) in [6.07, 6.45) is 7.76. The Kier molecular flexibility index (Phi) is 13.3. The fraction of sp³-hybridized carbons (Fsp3) is 0.667. The Balaban J connectivity index is 0.00000529. The third-order valence-electron chi connectivity index (χ3n) is 3.70. The lowest BCUT2D eigenvalue weighted by atomic mass is 10.2. The van der Waals surface area contributed by atoms with Crippen LogP contribution >= 0.6 is 35.3 Å². The summed E-state index contributed by atoms with van der Waals surface area (Å²) in [6.45, 7) is 12.8. The number of aryl methyl sites for hydroxylation is 2. The van der Waals surface area contributed by atoms with Gasteiger partial charge in [0, 0.05) is 38.0 Å². The number of aromatic nitrogens is 1. The van der Waals surface area contributed by atoms with Crippen LogP contribution in [0, 0.1) is 13.8 Å². The van der Waals surface area contributed by atoms with Crippen molar-refractivity contribution in [1.82, 2.24) is 15.2 Å². The lowest BCUT2D eigenvalue weighted by Crippen LogP contribution is -2.39. The fourth-order valence-corrected chi connectivity index (χ4v) is 3.38. The summed E-state index contributed by atoms with van der Waals surface area (Å²) in [5.41, 5.74) is 1.16. The molecule has 1 rings (SSSR count). The van der Waals surface area contributed by atoms with E-state index in [1.807, 2.05) is 6.08 Å². The van der Waals surface area contributed by atoms with Crippen LogP contribution in [0.5, 0.6) is 0 Å². The minimum atomic E-state index is 0. The first kappa shape index (κ1) is 23.4. The molecular formula is C18H33IN4S. The van der Waals surface area contributed by atoms with Gasteiger partial charge in [-0.1, -0.05) is 12.5 Å². The Morgan fingerprint density at radius 1 is 1.33 bits per heavy atom. The number of guanidine groups is 1. The maximum absolute atomic E-state index is 4.77.